The Labute approximate surface area is 199 Å². The van der Waals surface area contributed by atoms with Crippen molar-refractivity contribution >= 4 is 16.9 Å². The third kappa shape index (κ3) is 3.86. The average Bonchev–Trinajstić information content (AvgIpc) is 3.15. The number of methoxy groups -OCH3 is 2. The molecule has 2 heterocycles. The van der Waals surface area contributed by atoms with Gasteiger partial charge < -0.3 is 23.9 Å². The van der Waals surface area contributed by atoms with Crippen molar-refractivity contribution in [2.45, 2.75) is 12.5 Å². The van der Waals surface area contributed by atoms with Gasteiger partial charge in [-0.25, -0.2) is 4.39 Å². The average molecular weight is 475 g/mol. The molecule has 0 fully saturated rings. The van der Waals surface area contributed by atoms with Gasteiger partial charge in [0.15, 0.2) is 16.9 Å². The van der Waals surface area contributed by atoms with Crippen LogP contribution in [-0.4, -0.2) is 36.7 Å². The Balaban J connectivity index is 1.62. The molecule has 4 aromatic rings. The second kappa shape index (κ2) is 8.79. The zero-order chi connectivity index (χ0) is 24.7. The molecular formula is C27H22FNO6. The Bertz CT molecular complexity index is 1490. The molecule has 1 unspecified atom stereocenters. The predicted octanol–water partition coefficient (Wildman–Crippen LogP) is 4.44. The highest BCUT2D eigenvalue weighted by Crippen LogP contribution is 2.40. The summed E-state index contributed by atoms with van der Waals surface area (Å²) >= 11 is 0. The summed E-state index contributed by atoms with van der Waals surface area (Å²) in [6.45, 7) is 0.285. The van der Waals surface area contributed by atoms with E-state index in [2.05, 4.69) is 0 Å². The summed E-state index contributed by atoms with van der Waals surface area (Å²) in [7, 11) is 3.00. The zero-order valence-corrected chi connectivity index (χ0v) is 19.1. The summed E-state index contributed by atoms with van der Waals surface area (Å²) < 4.78 is 30.2. The molecule has 0 saturated heterocycles. The van der Waals surface area contributed by atoms with Crippen LogP contribution in [0.5, 0.6) is 17.2 Å². The maximum Gasteiger partial charge on any atom is 0.290 e. The number of benzene rings is 3. The number of fused-ring (bicyclic) bond motifs is 2. The van der Waals surface area contributed by atoms with Gasteiger partial charge in [-0.15, -0.1) is 0 Å². The second-order valence-electron chi connectivity index (χ2n) is 8.24. The third-order valence-electron chi connectivity index (χ3n) is 6.25. The molecule has 5 rings (SSSR count). The first-order chi connectivity index (χ1) is 16.9. The molecule has 3 aromatic carbocycles. The molecule has 0 aliphatic carbocycles. The minimum atomic E-state index is -0.797. The first-order valence-corrected chi connectivity index (χ1v) is 11.0. The highest BCUT2D eigenvalue weighted by Gasteiger charge is 2.42. The number of amides is 1. The second-order valence-corrected chi connectivity index (χ2v) is 8.24. The van der Waals surface area contributed by atoms with Crippen LogP contribution in [-0.2, 0) is 6.42 Å². The Morgan fingerprint density at radius 3 is 2.49 bits per heavy atom. The van der Waals surface area contributed by atoms with Crippen LogP contribution in [0.2, 0.25) is 0 Å². The van der Waals surface area contributed by atoms with E-state index in [4.69, 9.17) is 13.9 Å². The molecule has 35 heavy (non-hydrogen) atoms. The van der Waals surface area contributed by atoms with Gasteiger partial charge in [0.05, 0.1) is 31.2 Å². The van der Waals surface area contributed by atoms with Crippen LogP contribution >= 0.6 is 0 Å². The topological polar surface area (TPSA) is 89.2 Å². The van der Waals surface area contributed by atoms with Gasteiger partial charge in [0, 0.05) is 6.54 Å². The smallest absolute Gasteiger partial charge is 0.290 e. The number of nitrogens with zero attached hydrogens (tertiary/aromatic N) is 1. The molecule has 1 N–H and O–H groups in total. The number of hydrogen-bond donors (Lipinski definition) is 1. The minimum absolute atomic E-state index is 0.0595. The molecular weight excluding hydrogens is 453 g/mol. The molecule has 1 aromatic heterocycles. The van der Waals surface area contributed by atoms with Gasteiger partial charge in [0.1, 0.15) is 17.1 Å². The SMILES string of the molecule is COc1ccc(CCN2C(=O)c3oc4ccc(F)cc4c(=O)c3C2c2ccc(O)c(OC)c2)cc1. The van der Waals surface area contributed by atoms with E-state index in [0.29, 0.717) is 12.0 Å². The van der Waals surface area contributed by atoms with Gasteiger partial charge in [-0.05, 0) is 60.0 Å². The third-order valence-corrected chi connectivity index (χ3v) is 6.25. The Kier molecular flexibility index (Phi) is 5.64. The fourth-order valence-electron chi connectivity index (χ4n) is 4.48. The fourth-order valence-corrected chi connectivity index (χ4v) is 4.48. The Morgan fingerprint density at radius 2 is 1.77 bits per heavy atom. The van der Waals surface area contributed by atoms with Crippen LogP contribution < -0.4 is 14.9 Å². The van der Waals surface area contributed by atoms with Crippen molar-refractivity contribution in [1.82, 2.24) is 4.90 Å². The Hall–Kier alpha value is -4.33. The first-order valence-electron chi connectivity index (χ1n) is 11.0. The van der Waals surface area contributed by atoms with E-state index in [1.165, 1.54) is 25.3 Å². The van der Waals surface area contributed by atoms with E-state index in [1.54, 1.807) is 24.1 Å². The maximum atomic E-state index is 13.9. The number of rotatable bonds is 6. The van der Waals surface area contributed by atoms with Gasteiger partial charge in [-0.3, -0.25) is 9.59 Å². The summed E-state index contributed by atoms with van der Waals surface area (Å²) in [6, 6.07) is 15.0. The number of phenolic OH excluding ortho intramolecular Hbond substituents is 1. The van der Waals surface area contributed by atoms with Crippen molar-refractivity contribution in [2.75, 3.05) is 20.8 Å². The van der Waals surface area contributed by atoms with Gasteiger partial charge in [0.2, 0.25) is 5.76 Å². The summed E-state index contributed by atoms with van der Waals surface area (Å²) in [6.07, 6.45) is 0.512. The van der Waals surface area contributed by atoms with Crippen molar-refractivity contribution in [3.63, 3.8) is 0 Å². The molecule has 0 radical (unpaired) electrons. The van der Waals surface area contributed by atoms with E-state index in [1.807, 2.05) is 24.3 Å². The van der Waals surface area contributed by atoms with Crippen LogP contribution in [0.1, 0.15) is 33.3 Å². The van der Waals surface area contributed by atoms with E-state index in [9.17, 15) is 19.1 Å². The van der Waals surface area contributed by atoms with Gasteiger partial charge in [0.25, 0.3) is 5.91 Å². The lowest BCUT2D eigenvalue weighted by Crippen LogP contribution is -2.31. The largest absolute Gasteiger partial charge is 0.504 e. The molecule has 8 heteroatoms. The monoisotopic (exact) mass is 475 g/mol. The van der Waals surface area contributed by atoms with Crippen LogP contribution in [0.4, 0.5) is 4.39 Å². The molecule has 1 amide bonds. The van der Waals surface area contributed by atoms with Crippen molar-refractivity contribution in [3.05, 3.63) is 99.2 Å². The molecule has 1 atom stereocenters. The van der Waals surface area contributed by atoms with E-state index in [0.717, 1.165) is 17.4 Å². The highest BCUT2D eigenvalue weighted by atomic mass is 19.1. The lowest BCUT2D eigenvalue weighted by Gasteiger charge is -2.25. The predicted molar refractivity (Wildman–Crippen MR) is 127 cm³/mol. The van der Waals surface area contributed by atoms with Crippen LogP contribution in [0.3, 0.4) is 0 Å². The standard InChI is InChI=1S/C27H22FNO6/c1-33-18-7-3-15(4-8-18)11-12-29-24(16-5-9-20(30)22(13-16)34-2)23-25(31)19-14-17(28)6-10-21(19)35-26(23)27(29)32/h3-10,13-14,24,30H,11-12H2,1-2H3. The Morgan fingerprint density at radius 1 is 1.00 bits per heavy atom. The minimum Gasteiger partial charge on any atom is -0.504 e. The summed E-state index contributed by atoms with van der Waals surface area (Å²) in [5, 5.41) is 10.1. The van der Waals surface area contributed by atoms with E-state index < -0.39 is 23.2 Å². The van der Waals surface area contributed by atoms with Crippen LogP contribution in [0, 0.1) is 5.82 Å². The number of aromatic hydroxyl groups is 1. The quantitative estimate of drug-likeness (QED) is 0.444. The normalized spacial score (nSPS) is 14.9. The zero-order valence-electron chi connectivity index (χ0n) is 19.1. The molecule has 1 aliphatic rings. The molecule has 0 bridgehead atoms. The summed E-state index contributed by atoms with van der Waals surface area (Å²) in [4.78, 5) is 28.6. The number of phenols is 1. The van der Waals surface area contributed by atoms with E-state index in [-0.39, 0.29) is 40.3 Å². The number of halogens is 1. The van der Waals surface area contributed by atoms with Gasteiger partial charge in [-0.2, -0.15) is 0 Å². The lowest BCUT2D eigenvalue weighted by atomic mass is 9.97. The van der Waals surface area contributed by atoms with Gasteiger partial charge in [-0.1, -0.05) is 18.2 Å². The number of carbonyl (C=O) groups is 1. The van der Waals surface area contributed by atoms with Crippen molar-refractivity contribution < 1.29 is 28.2 Å². The first kappa shape index (κ1) is 22.5. The van der Waals surface area contributed by atoms with E-state index >= 15 is 0 Å². The number of ether oxygens (including phenoxy) is 2. The lowest BCUT2D eigenvalue weighted by molar-refractivity contribution is 0.0730. The van der Waals surface area contributed by atoms with Crippen molar-refractivity contribution in [2.24, 2.45) is 0 Å². The maximum absolute atomic E-state index is 13.9. The fraction of sp³-hybridized carbons (Fsp3) is 0.185. The summed E-state index contributed by atoms with van der Waals surface area (Å²) in [5.74, 6) is -0.225. The van der Waals surface area contributed by atoms with Crippen molar-refractivity contribution in [3.8, 4) is 17.2 Å². The van der Waals surface area contributed by atoms with Gasteiger partial charge >= 0.3 is 0 Å². The molecule has 178 valence electrons. The number of hydrogen-bond acceptors (Lipinski definition) is 6. The van der Waals surface area contributed by atoms with Crippen LogP contribution in [0.15, 0.2) is 69.9 Å². The molecule has 1 aliphatic heterocycles. The summed E-state index contributed by atoms with van der Waals surface area (Å²) in [5.41, 5.74) is 1.34. The molecule has 0 saturated carbocycles. The highest BCUT2D eigenvalue weighted by molar-refractivity contribution is 5.99. The van der Waals surface area contributed by atoms with Crippen LogP contribution in [0.25, 0.3) is 11.0 Å². The number of carbonyl (C=O) groups excluding carboxylic acids is 1. The molecule has 0 spiro atoms. The van der Waals surface area contributed by atoms with Crippen molar-refractivity contribution in [1.29, 1.82) is 0 Å². The molecule has 7 nitrogen and oxygen atoms in total.